The Morgan fingerprint density at radius 1 is 1.09 bits per heavy atom. The van der Waals surface area contributed by atoms with Crippen LogP contribution in [0.15, 0.2) is 54.6 Å². The molecule has 0 aliphatic carbocycles. The van der Waals surface area contributed by atoms with Crippen molar-refractivity contribution in [3.63, 3.8) is 0 Å². The highest BCUT2D eigenvalue weighted by Crippen LogP contribution is 2.40. The van der Waals surface area contributed by atoms with Gasteiger partial charge in [-0.1, -0.05) is 60.3 Å². The van der Waals surface area contributed by atoms with Gasteiger partial charge in [0.15, 0.2) is 5.12 Å². The summed E-state index contributed by atoms with van der Waals surface area (Å²) in [6.45, 7) is 1.05. The molecule has 2 aromatic carbocycles. The second kappa shape index (κ2) is 11.7. The number of ether oxygens (including phenoxy) is 1. The average molecular weight is 485 g/mol. The second-order valence-corrected chi connectivity index (χ2v) is 9.38. The van der Waals surface area contributed by atoms with E-state index in [1.54, 1.807) is 18.2 Å². The van der Waals surface area contributed by atoms with E-state index >= 15 is 0 Å². The van der Waals surface area contributed by atoms with E-state index in [-0.39, 0.29) is 17.4 Å². The van der Waals surface area contributed by atoms with Crippen LogP contribution >= 0.6 is 11.8 Å². The van der Waals surface area contributed by atoms with E-state index in [0.717, 1.165) is 17.3 Å². The van der Waals surface area contributed by atoms with Crippen molar-refractivity contribution in [2.75, 3.05) is 13.7 Å². The number of carbonyl (C=O) groups is 4. The van der Waals surface area contributed by atoms with Crippen LogP contribution in [0.2, 0.25) is 0 Å². The fourth-order valence-electron chi connectivity index (χ4n) is 4.19. The number of para-hydroxylation sites is 1. The summed E-state index contributed by atoms with van der Waals surface area (Å²) in [4.78, 5) is 51.6. The molecule has 3 rings (SSSR count). The summed E-state index contributed by atoms with van der Waals surface area (Å²) in [5, 5.41) is 12.0. The number of phenols is 1. The van der Waals surface area contributed by atoms with Crippen LogP contribution in [-0.2, 0) is 30.3 Å². The zero-order valence-corrected chi connectivity index (χ0v) is 19.9. The molecule has 180 valence electrons. The van der Waals surface area contributed by atoms with Crippen molar-refractivity contribution in [2.45, 2.75) is 43.5 Å². The molecule has 0 bridgehead atoms. The molecular formula is C25H28N2O6S. The Morgan fingerprint density at radius 2 is 1.76 bits per heavy atom. The minimum Gasteiger partial charge on any atom is -0.508 e. The summed E-state index contributed by atoms with van der Waals surface area (Å²) in [5.41, 5.74) is 1.43. The number of amides is 2. The molecule has 9 heteroatoms. The van der Waals surface area contributed by atoms with Crippen LogP contribution in [0, 0.1) is 0 Å². The Balaban J connectivity index is 1.74. The van der Waals surface area contributed by atoms with E-state index in [2.05, 4.69) is 5.32 Å². The standard InChI is InChI=1S/C25H28N2O6S/c1-16(28)34-22(14-17-8-4-3-5-9-17)24(31)26-15-23(30)27-19(12-13-20(27)25(32)33-2)18-10-6-7-11-21(18)29/h3-11,19-20,22,29H,12-15H2,1-2H3,(H,26,31). The first kappa shape index (κ1) is 25.3. The van der Waals surface area contributed by atoms with Gasteiger partial charge in [0.25, 0.3) is 0 Å². The molecule has 2 aromatic rings. The molecule has 2 N–H and O–H groups in total. The summed E-state index contributed by atoms with van der Waals surface area (Å²) in [7, 11) is 1.26. The fraction of sp³-hybridized carbons (Fsp3) is 0.360. The van der Waals surface area contributed by atoms with Gasteiger partial charge in [0.05, 0.1) is 24.9 Å². The number of likely N-dealkylation sites (tertiary alicyclic amines) is 1. The second-order valence-electron chi connectivity index (χ2n) is 8.00. The quantitative estimate of drug-likeness (QED) is 0.554. The maximum atomic E-state index is 13.2. The normalized spacial score (nSPS) is 18.2. The molecule has 3 atom stereocenters. The minimum absolute atomic E-state index is 0.0284. The maximum Gasteiger partial charge on any atom is 0.328 e. The fourth-order valence-corrected chi connectivity index (χ4v) is 5.05. The molecule has 1 heterocycles. The number of esters is 1. The lowest BCUT2D eigenvalue weighted by molar-refractivity contribution is -0.152. The lowest BCUT2D eigenvalue weighted by atomic mass is 10.0. The van der Waals surface area contributed by atoms with Crippen molar-refractivity contribution in [3.05, 3.63) is 65.7 Å². The van der Waals surface area contributed by atoms with Crippen LogP contribution in [0.3, 0.4) is 0 Å². The molecule has 0 radical (unpaired) electrons. The topological polar surface area (TPSA) is 113 Å². The number of rotatable bonds is 8. The predicted octanol–water partition coefficient (Wildman–Crippen LogP) is 2.60. The zero-order valence-electron chi connectivity index (χ0n) is 19.1. The van der Waals surface area contributed by atoms with Crippen LogP contribution in [-0.4, -0.2) is 57.9 Å². The number of carbonyl (C=O) groups excluding carboxylic acids is 4. The average Bonchev–Trinajstić information content (AvgIpc) is 3.27. The smallest absolute Gasteiger partial charge is 0.328 e. The molecule has 1 saturated heterocycles. The molecule has 8 nitrogen and oxygen atoms in total. The number of methoxy groups -OCH3 is 1. The summed E-state index contributed by atoms with van der Waals surface area (Å²) in [5.74, 6) is -1.43. The highest BCUT2D eigenvalue weighted by atomic mass is 32.2. The molecule has 0 saturated carbocycles. The van der Waals surface area contributed by atoms with Gasteiger partial charge in [0.1, 0.15) is 11.8 Å². The lowest BCUT2D eigenvalue weighted by Crippen LogP contribution is -2.48. The Kier molecular flexibility index (Phi) is 8.70. The molecule has 34 heavy (non-hydrogen) atoms. The van der Waals surface area contributed by atoms with Crippen LogP contribution in [0.5, 0.6) is 5.75 Å². The van der Waals surface area contributed by atoms with E-state index in [4.69, 9.17) is 4.74 Å². The van der Waals surface area contributed by atoms with Crippen molar-refractivity contribution in [1.82, 2.24) is 10.2 Å². The van der Waals surface area contributed by atoms with E-state index in [1.807, 2.05) is 30.3 Å². The monoisotopic (exact) mass is 484 g/mol. The van der Waals surface area contributed by atoms with Gasteiger partial charge in [-0.25, -0.2) is 4.79 Å². The minimum atomic E-state index is -0.814. The molecule has 1 aliphatic rings. The van der Waals surface area contributed by atoms with Gasteiger partial charge in [-0.3, -0.25) is 14.4 Å². The van der Waals surface area contributed by atoms with Crippen molar-refractivity contribution >= 4 is 34.7 Å². The third-order valence-electron chi connectivity index (χ3n) is 5.72. The Labute approximate surface area is 202 Å². The molecule has 2 amide bonds. The van der Waals surface area contributed by atoms with Gasteiger partial charge in [-0.05, 0) is 30.9 Å². The van der Waals surface area contributed by atoms with Crippen LogP contribution in [0.1, 0.15) is 36.9 Å². The highest BCUT2D eigenvalue weighted by molar-refractivity contribution is 8.14. The van der Waals surface area contributed by atoms with Gasteiger partial charge in [0, 0.05) is 12.5 Å². The molecule has 0 aromatic heterocycles. The highest BCUT2D eigenvalue weighted by Gasteiger charge is 2.43. The number of nitrogens with one attached hydrogen (secondary N) is 1. The molecule has 1 aliphatic heterocycles. The van der Waals surface area contributed by atoms with Gasteiger partial charge in [-0.15, -0.1) is 0 Å². The number of phenolic OH excluding ortho intramolecular Hbond substituents is 1. The van der Waals surface area contributed by atoms with Gasteiger partial charge in [-0.2, -0.15) is 0 Å². The van der Waals surface area contributed by atoms with Crippen LogP contribution in [0.25, 0.3) is 0 Å². The number of aromatic hydroxyl groups is 1. The molecule has 3 unspecified atom stereocenters. The summed E-state index contributed by atoms with van der Waals surface area (Å²) in [6.07, 6.45) is 1.18. The molecule has 1 fully saturated rings. The van der Waals surface area contributed by atoms with Crippen molar-refractivity contribution in [2.24, 2.45) is 0 Å². The largest absolute Gasteiger partial charge is 0.508 e. The van der Waals surface area contributed by atoms with E-state index < -0.39 is 35.1 Å². The third kappa shape index (κ3) is 6.17. The van der Waals surface area contributed by atoms with E-state index in [0.29, 0.717) is 24.8 Å². The van der Waals surface area contributed by atoms with Crippen molar-refractivity contribution in [1.29, 1.82) is 0 Å². The maximum absolute atomic E-state index is 13.2. The first-order valence-corrected chi connectivity index (χ1v) is 11.9. The molecule has 0 spiro atoms. The summed E-state index contributed by atoms with van der Waals surface area (Å²) >= 11 is 0.912. The first-order chi connectivity index (χ1) is 16.3. The van der Waals surface area contributed by atoms with E-state index in [1.165, 1.54) is 25.0 Å². The zero-order chi connectivity index (χ0) is 24.7. The van der Waals surface area contributed by atoms with Crippen LogP contribution < -0.4 is 5.32 Å². The third-order valence-corrected chi connectivity index (χ3v) is 6.72. The van der Waals surface area contributed by atoms with Crippen molar-refractivity contribution < 1.29 is 29.0 Å². The number of hydrogen-bond acceptors (Lipinski definition) is 7. The number of nitrogens with zero attached hydrogens (tertiary/aromatic N) is 1. The summed E-state index contributed by atoms with van der Waals surface area (Å²) < 4.78 is 4.88. The first-order valence-electron chi connectivity index (χ1n) is 11.0. The SMILES string of the molecule is COC(=O)C1CCC(c2ccccc2O)N1C(=O)CNC(=O)C(Cc1ccccc1)SC(C)=O. The Morgan fingerprint density at radius 3 is 2.41 bits per heavy atom. The number of thioether (sulfide) groups is 1. The molecular weight excluding hydrogens is 456 g/mol. The predicted molar refractivity (Wildman–Crippen MR) is 128 cm³/mol. The number of benzene rings is 2. The van der Waals surface area contributed by atoms with E-state index in [9.17, 15) is 24.3 Å². The van der Waals surface area contributed by atoms with Crippen molar-refractivity contribution in [3.8, 4) is 5.75 Å². The Hall–Kier alpha value is -3.33. The lowest BCUT2D eigenvalue weighted by Gasteiger charge is -2.30. The van der Waals surface area contributed by atoms with Gasteiger partial charge >= 0.3 is 5.97 Å². The van der Waals surface area contributed by atoms with Gasteiger partial charge < -0.3 is 20.1 Å². The van der Waals surface area contributed by atoms with Crippen LogP contribution in [0.4, 0.5) is 0 Å². The Bertz CT molecular complexity index is 1040. The summed E-state index contributed by atoms with van der Waals surface area (Å²) in [6, 6.07) is 14.6. The van der Waals surface area contributed by atoms with Gasteiger partial charge in [0.2, 0.25) is 11.8 Å². The number of hydrogen-bond donors (Lipinski definition) is 2.